The molecule has 0 atom stereocenters. The second-order valence-electron chi connectivity index (χ2n) is 6.03. The summed E-state index contributed by atoms with van der Waals surface area (Å²) < 4.78 is 10.4. The molecule has 0 radical (unpaired) electrons. The molecule has 1 fully saturated rings. The monoisotopic (exact) mass is 273 g/mol. The summed E-state index contributed by atoms with van der Waals surface area (Å²) in [5.74, 6) is -0.592. The van der Waals surface area contributed by atoms with Gasteiger partial charge in [-0.3, -0.25) is 0 Å². The molecule has 0 heterocycles. The molecule has 1 rings (SSSR count). The van der Waals surface area contributed by atoms with Crippen LogP contribution in [0.5, 0.6) is 0 Å². The Hall–Kier alpha value is -1.30. The minimum Gasteiger partial charge on any atom is -0.480 e. The third-order valence-electron chi connectivity index (χ3n) is 2.87. The van der Waals surface area contributed by atoms with Gasteiger partial charge in [0.05, 0.1) is 6.10 Å². The van der Waals surface area contributed by atoms with Gasteiger partial charge in [-0.25, -0.2) is 9.59 Å². The van der Waals surface area contributed by atoms with E-state index in [2.05, 4.69) is 0 Å². The van der Waals surface area contributed by atoms with Crippen molar-refractivity contribution in [3.8, 4) is 0 Å². The van der Waals surface area contributed by atoms with Crippen molar-refractivity contribution in [3.05, 3.63) is 0 Å². The zero-order chi connectivity index (χ0) is 14.6. The highest BCUT2D eigenvalue weighted by atomic mass is 16.6. The second kappa shape index (κ2) is 6.23. The molecule has 19 heavy (non-hydrogen) atoms. The summed E-state index contributed by atoms with van der Waals surface area (Å²) in [7, 11) is 1.71. The molecular formula is C13H23NO5. The van der Waals surface area contributed by atoms with Crippen molar-refractivity contribution in [1.82, 2.24) is 4.90 Å². The summed E-state index contributed by atoms with van der Waals surface area (Å²) in [5.41, 5.74) is -0.488. The van der Waals surface area contributed by atoms with E-state index in [9.17, 15) is 9.59 Å². The van der Waals surface area contributed by atoms with Gasteiger partial charge in [0.15, 0.2) is 0 Å². The smallest absolute Gasteiger partial charge is 0.410 e. The number of carbonyl (C=O) groups is 2. The highest BCUT2D eigenvalue weighted by molar-refractivity contribution is 5.68. The maximum atomic E-state index is 11.7. The van der Waals surface area contributed by atoms with Crippen LogP contribution >= 0.6 is 0 Å². The van der Waals surface area contributed by atoms with E-state index in [0.29, 0.717) is 12.5 Å². The van der Waals surface area contributed by atoms with Crippen molar-refractivity contribution in [2.75, 3.05) is 20.2 Å². The van der Waals surface area contributed by atoms with E-state index in [4.69, 9.17) is 14.6 Å². The quantitative estimate of drug-likeness (QED) is 0.825. The second-order valence-corrected chi connectivity index (χ2v) is 6.03. The molecular weight excluding hydrogens is 250 g/mol. The lowest BCUT2D eigenvalue weighted by molar-refractivity contribution is -0.147. The maximum absolute atomic E-state index is 11.7. The van der Waals surface area contributed by atoms with Gasteiger partial charge < -0.3 is 19.5 Å². The topological polar surface area (TPSA) is 76.1 Å². The van der Waals surface area contributed by atoms with E-state index in [-0.39, 0.29) is 18.8 Å². The van der Waals surface area contributed by atoms with Gasteiger partial charge >= 0.3 is 12.1 Å². The van der Waals surface area contributed by atoms with Gasteiger partial charge in [0.25, 0.3) is 0 Å². The molecule has 6 heteroatoms. The van der Waals surface area contributed by atoms with Gasteiger partial charge in [0.1, 0.15) is 12.2 Å². The van der Waals surface area contributed by atoms with Crippen molar-refractivity contribution in [2.24, 2.45) is 5.92 Å². The molecule has 110 valence electrons. The molecule has 1 aliphatic rings. The van der Waals surface area contributed by atoms with Crippen molar-refractivity contribution >= 4 is 12.1 Å². The van der Waals surface area contributed by atoms with Crippen LogP contribution in [0.15, 0.2) is 0 Å². The number of nitrogens with zero attached hydrogens (tertiary/aromatic N) is 1. The van der Waals surface area contributed by atoms with Crippen LogP contribution in [0.25, 0.3) is 0 Å². The minimum absolute atomic E-state index is 0.00753. The molecule has 6 nitrogen and oxygen atoms in total. The van der Waals surface area contributed by atoms with Gasteiger partial charge in [0, 0.05) is 13.6 Å². The van der Waals surface area contributed by atoms with E-state index < -0.39 is 11.6 Å². The highest BCUT2D eigenvalue weighted by Crippen LogP contribution is 2.30. The molecule has 0 aromatic rings. The Kier molecular flexibility index (Phi) is 5.17. The molecule has 1 aliphatic carbocycles. The Morgan fingerprint density at radius 2 is 1.89 bits per heavy atom. The first kappa shape index (κ1) is 15.8. The Bertz CT molecular complexity index is 330. The van der Waals surface area contributed by atoms with Gasteiger partial charge in [-0.05, 0) is 39.5 Å². The summed E-state index contributed by atoms with van der Waals surface area (Å²) in [6.45, 7) is 5.86. The molecule has 0 saturated heterocycles. The SMILES string of the molecule is CN(CC1CC(OCC(=O)O)C1)C(=O)OC(C)(C)C. The number of carboxylic acid groups (broad SMARTS) is 1. The van der Waals surface area contributed by atoms with Crippen molar-refractivity contribution in [3.63, 3.8) is 0 Å². The fourth-order valence-electron chi connectivity index (χ4n) is 1.95. The summed E-state index contributed by atoms with van der Waals surface area (Å²) in [6.07, 6.45) is 1.26. The Labute approximate surface area is 113 Å². The molecule has 0 spiro atoms. The summed E-state index contributed by atoms with van der Waals surface area (Å²) in [5, 5.41) is 8.48. The molecule has 0 aromatic carbocycles. The molecule has 0 aromatic heterocycles. The number of carbonyl (C=O) groups excluding carboxylic acids is 1. The number of aliphatic carboxylic acids is 1. The van der Waals surface area contributed by atoms with E-state index in [1.807, 2.05) is 20.8 Å². The Balaban J connectivity index is 2.20. The molecule has 0 bridgehead atoms. The third-order valence-corrected chi connectivity index (χ3v) is 2.87. The van der Waals surface area contributed by atoms with Gasteiger partial charge in [-0.1, -0.05) is 0 Å². The van der Waals surface area contributed by atoms with E-state index >= 15 is 0 Å². The first-order valence-electron chi connectivity index (χ1n) is 6.45. The minimum atomic E-state index is -0.950. The Morgan fingerprint density at radius 1 is 1.32 bits per heavy atom. The largest absolute Gasteiger partial charge is 0.480 e. The molecule has 1 N–H and O–H groups in total. The number of amides is 1. The maximum Gasteiger partial charge on any atom is 0.410 e. The van der Waals surface area contributed by atoms with Crippen LogP contribution < -0.4 is 0 Å². The van der Waals surface area contributed by atoms with Crippen molar-refractivity contribution in [2.45, 2.75) is 45.3 Å². The average Bonchev–Trinajstić information content (AvgIpc) is 2.17. The zero-order valence-electron chi connectivity index (χ0n) is 12.0. The van der Waals surface area contributed by atoms with Crippen LogP contribution in [-0.4, -0.2) is 54.0 Å². The third kappa shape index (κ3) is 5.92. The fourth-order valence-corrected chi connectivity index (χ4v) is 1.95. The molecule has 0 aliphatic heterocycles. The average molecular weight is 273 g/mol. The number of hydrogen-bond donors (Lipinski definition) is 1. The van der Waals surface area contributed by atoms with E-state index in [1.54, 1.807) is 11.9 Å². The zero-order valence-corrected chi connectivity index (χ0v) is 12.0. The first-order chi connectivity index (χ1) is 8.67. The van der Waals surface area contributed by atoms with Crippen LogP contribution in [0, 0.1) is 5.92 Å². The number of ether oxygens (including phenoxy) is 2. The predicted molar refractivity (Wildman–Crippen MR) is 69.0 cm³/mol. The number of rotatable bonds is 5. The predicted octanol–water partition coefficient (Wildman–Crippen LogP) is 1.73. The molecule has 1 saturated carbocycles. The van der Waals surface area contributed by atoms with Crippen LogP contribution in [0.2, 0.25) is 0 Å². The number of carboxylic acids is 1. The van der Waals surface area contributed by atoms with Gasteiger partial charge in [-0.15, -0.1) is 0 Å². The van der Waals surface area contributed by atoms with Crippen LogP contribution in [0.4, 0.5) is 4.79 Å². The normalized spacial score (nSPS) is 22.5. The van der Waals surface area contributed by atoms with Crippen LogP contribution in [0.1, 0.15) is 33.6 Å². The van der Waals surface area contributed by atoms with E-state index in [0.717, 1.165) is 12.8 Å². The molecule has 1 amide bonds. The molecule has 0 unspecified atom stereocenters. The lowest BCUT2D eigenvalue weighted by Gasteiger charge is -2.37. The standard InChI is InChI=1S/C13H23NO5/c1-13(2,3)19-12(17)14(4)7-9-5-10(6-9)18-8-11(15)16/h9-10H,5-8H2,1-4H3,(H,15,16). The summed E-state index contributed by atoms with van der Waals surface area (Å²) in [4.78, 5) is 23.6. The Morgan fingerprint density at radius 3 is 2.37 bits per heavy atom. The summed E-state index contributed by atoms with van der Waals surface area (Å²) in [6, 6.07) is 0. The summed E-state index contributed by atoms with van der Waals surface area (Å²) >= 11 is 0. The van der Waals surface area contributed by atoms with Crippen LogP contribution in [0.3, 0.4) is 0 Å². The van der Waals surface area contributed by atoms with E-state index in [1.165, 1.54) is 0 Å². The highest BCUT2D eigenvalue weighted by Gasteiger charge is 2.32. The van der Waals surface area contributed by atoms with Gasteiger partial charge in [0.2, 0.25) is 0 Å². The first-order valence-corrected chi connectivity index (χ1v) is 6.45. The van der Waals surface area contributed by atoms with Gasteiger partial charge in [-0.2, -0.15) is 0 Å². The van der Waals surface area contributed by atoms with Crippen molar-refractivity contribution in [1.29, 1.82) is 0 Å². The van der Waals surface area contributed by atoms with Crippen molar-refractivity contribution < 1.29 is 24.2 Å². The fraction of sp³-hybridized carbons (Fsp3) is 0.846. The lowest BCUT2D eigenvalue weighted by atomic mass is 9.82. The lowest BCUT2D eigenvalue weighted by Crippen LogP contribution is -2.42. The number of hydrogen-bond acceptors (Lipinski definition) is 4. The van der Waals surface area contributed by atoms with Crippen LogP contribution in [-0.2, 0) is 14.3 Å².